The van der Waals surface area contributed by atoms with E-state index in [-0.39, 0.29) is 17.4 Å². The number of benzene rings is 1. The van der Waals surface area contributed by atoms with Gasteiger partial charge in [0.1, 0.15) is 0 Å². The normalized spacial score (nSPS) is 10.2. The van der Waals surface area contributed by atoms with Crippen LogP contribution in [0.15, 0.2) is 18.2 Å². The Hall–Kier alpha value is -2.44. The number of phenolic OH excluding ortho intramolecular Hbond substituents is 2. The molecule has 0 saturated carbocycles. The first-order valence-electron chi connectivity index (χ1n) is 4.58. The lowest BCUT2D eigenvalue weighted by Gasteiger charge is -2.04. The third-order valence-corrected chi connectivity index (χ3v) is 2.00. The standard InChI is InChI=1S/C9H11N5O2/c10-8-12-9(14-13-8)11-4-5-1-2-6(15)7(16)3-5/h1-3,15-16H,4H2,(H4,10,11,12,13,14). The molecule has 0 aliphatic heterocycles. The fourth-order valence-electron chi connectivity index (χ4n) is 1.22. The summed E-state index contributed by atoms with van der Waals surface area (Å²) in [5.41, 5.74) is 6.15. The zero-order valence-electron chi connectivity index (χ0n) is 8.31. The summed E-state index contributed by atoms with van der Waals surface area (Å²) in [6, 6.07) is 4.56. The molecule has 7 heteroatoms. The topological polar surface area (TPSA) is 120 Å². The van der Waals surface area contributed by atoms with Crippen molar-refractivity contribution in [1.82, 2.24) is 15.2 Å². The number of nitrogens with zero attached hydrogens (tertiary/aromatic N) is 2. The van der Waals surface area contributed by atoms with Crippen molar-refractivity contribution < 1.29 is 10.2 Å². The van der Waals surface area contributed by atoms with Crippen LogP contribution in [0.4, 0.5) is 11.9 Å². The molecule has 0 bridgehead atoms. The number of nitrogen functional groups attached to an aromatic ring is 1. The highest BCUT2D eigenvalue weighted by atomic mass is 16.3. The van der Waals surface area contributed by atoms with Crippen molar-refractivity contribution in [1.29, 1.82) is 0 Å². The zero-order chi connectivity index (χ0) is 11.5. The van der Waals surface area contributed by atoms with Gasteiger partial charge < -0.3 is 21.3 Å². The summed E-state index contributed by atoms with van der Waals surface area (Å²) in [5.74, 6) is 0.380. The van der Waals surface area contributed by atoms with E-state index in [4.69, 9.17) is 10.8 Å². The van der Waals surface area contributed by atoms with Crippen LogP contribution >= 0.6 is 0 Å². The zero-order valence-corrected chi connectivity index (χ0v) is 8.31. The average molecular weight is 221 g/mol. The molecule has 6 N–H and O–H groups in total. The number of phenols is 2. The second kappa shape index (κ2) is 3.97. The number of aromatic amines is 1. The van der Waals surface area contributed by atoms with E-state index in [1.165, 1.54) is 12.1 Å². The Labute approximate surface area is 90.9 Å². The van der Waals surface area contributed by atoms with E-state index < -0.39 is 0 Å². The Morgan fingerprint density at radius 1 is 1.25 bits per heavy atom. The minimum absolute atomic E-state index is 0.146. The van der Waals surface area contributed by atoms with Crippen LogP contribution in [0.1, 0.15) is 5.56 Å². The monoisotopic (exact) mass is 221 g/mol. The van der Waals surface area contributed by atoms with Gasteiger partial charge in [0.05, 0.1) is 0 Å². The molecule has 0 spiro atoms. The molecule has 0 unspecified atom stereocenters. The lowest BCUT2D eigenvalue weighted by Crippen LogP contribution is -2.00. The van der Waals surface area contributed by atoms with Crippen LogP contribution in [-0.4, -0.2) is 25.4 Å². The highest BCUT2D eigenvalue weighted by Gasteiger charge is 2.02. The smallest absolute Gasteiger partial charge is 0.223 e. The molecule has 16 heavy (non-hydrogen) atoms. The van der Waals surface area contributed by atoms with Crippen molar-refractivity contribution in [3.63, 3.8) is 0 Å². The molecule has 0 fully saturated rings. The molecule has 0 radical (unpaired) electrons. The van der Waals surface area contributed by atoms with Crippen molar-refractivity contribution in [2.75, 3.05) is 11.1 Å². The predicted molar refractivity (Wildman–Crippen MR) is 57.9 cm³/mol. The van der Waals surface area contributed by atoms with Gasteiger partial charge in [0, 0.05) is 6.54 Å². The lowest BCUT2D eigenvalue weighted by atomic mass is 10.2. The number of hydrogen-bond donors (Lipinski definition) is 5. The number of anilines is 2. The van der Waals surface area contributed by atoms with Gasteiger partial charge >= 0.3 is 0 Å². The van der Waals surface area contributed by atoms with Gasteiger partial charge in [-0.15, -0.1) is 10.2 Å². The Morgan fingerprint density at radius 3 is 2.69 bits per heavy atom. The summed E-state index contributed by atoms with van der Waals surface area (Å²) < 4.78 is 0. The molecule has 0 aliphatic rings. The van der Waals surface area contributed by atoms with Gasteiger partial charge in [-0.05, 0) is 17.7 Å². The molecule has 0 amide bonds. The third kappa shape index (κ3) is 2.14. The fourth-order valence-corrected chi connectivity index (χ4v) is 1.22. The second-order valence-corrected chi connectivity index (χ2v) is 3.24. The molecular weight excluding hydrogens is 210 g/mol. The van der Waals surface area contributed by atoms with Gasteiger partial charge in [-0.3, -0.25) is 4.98 Å². The Balaban J connectivity index is 2.02. The lowest BCUT2D eigenvalue weighted by molar-refractivity contribution is 0.403. The van der Waals surface area contributed by atoms with Crippen LogP contribution in [0.5, 0.6) is 11.5 Å². The van der Waals surface area contributed by atoms with E-state index in [1.54, 1.807) is 6.07 Å². The van der Waals surface area contributed by atoms with E-state index in [0.717, 1.165) is 5.56 Å². The van der Waals surface area contributed by atoms with Crippen molar-refractivity contribution in [3.05, 3.63) is 23.8 Å². The van der Waals surface area contributed by atoms with Gasteiger partial charge in [-0.1, -0.05) is 6.07 Å². The number of nitrogens with two attached hydrogens (primary N) is 1. The van der Waals surface area contributed by atoms with Crippen molar-refractivity contribution in [2.45, 2.75) is 6.54 Å². The number of H-pyrrole nitrogens is 1. The SMILES string of the molecule is Nc1nnc(NCc2ccc(O)c(O)c2)[nH]1. The molecule has 0 aliphatic carbocycles. The third-order valence-electron chi connectivity index (χ3n) is 2.00. The minimum Gasteiger partial charge on any atom is -0.504 e. The van der Waals surface area contributed by atoms with E-state index in [2.05, 4.69) is 20.5 Å². The Kier molecular flexibility index (Phi) is 2.50. The van der Waals surface area contributed by atoms with Gasteiger partial charge in [0.25, 0.3) is 0 Å². The Bertz CT molecular complexity index is 496. The molecule has 84 valence electrons. The molecule has 2 rings (SSSR count). The highest BCUT2D eigenvalue weighted by Crippen LogP contribution is 2.24. The average Bonchev–Trinajstić information content (AvgIpc) is 2.66. The number of aromatic nitrogens is 3. The molecule has 1 aromatic heterocycles. The second-order valence-electron chi connectivity index (χ2n) is 3.24. The summed E-state index contributed by atoms with van der Waals surface area (Å²) in [4.78, 5) is 2.70. The predicted octanol–water partition coefficient (Wildman–Crippen LogP) is 0.410. The molecule has 1 heterocycles. The first kappa shape index (κ1) is 10.1. The Morgan fingerprint density at radius 2 is 2.06 bits per heavy atom. The maximum atomic E-state index is 9.27. The maximum absolute atomic E-state index is 9.27. The highest BCUT2D eigenvalue weighted by molar-refractivity contribution is 5.41. The molecule has 7 nitrogen and oxygen atoms in total. The van der Waals surface area contributed by atoms with Gasteiger partial charge in [-0.25, -0.2) is 0 Å². The first-order valence-corrected chi connectivity index (χ1v) is 4.58. The maximum Gasteiger partial charge on any atom is 0.223 e. The van der Waals surface area contributed by atoms with Crippen molar-refractivity contribution in [2.24, 2.45) is 0 Å². The molecule has 0 saturated heterocycles. The van der Waals surface area contributed by atoms with Gasteiger partial charge in [0.2, 0.25) is 11.9 Å². The van der Waals surface area contributed by atoms with Crippen LogP contribution in [0, 0.1) is 0 Å². The van der Waals surface area contributed by atoms with E-state index in [0.29, 0.717) is 12.5 Å². The molecule has 2 aromatic rings. The van der Waals surface area contributed by atoms with E-state index in [1.807, 2.05) is 0 Å². The summed E-state index contributed by atoms with van der Waals surface area (Å²) >= 11 is 0. The van der Waals surface area contributed by atoms with Crippen LogP contribution < -0.4 is 11.1 Å². The van der Waals surface area contributed by atoms with Crippen LogP contribution in [0.25, 0.3) is 0 Å². The van der Waals surface area contributed by atoms with Gasteiger partial charge in [0.15, 0.2) is 11.5 Å². The fraction of sp³-hybridized carbons (Fsp3) is 0.111. The number of nitrogens with one attached hydrogen (secondary N) is 2. The van der Waals surface area contributed by atoms with Crippen LogP contribution in [0.2, 0.25) is 0 Å². The molecule has 1 aromatic carbocycles. The van der Waals surface area contributed by atoms with Crippen LogP contribution in [0.3, 0.4) is 0 Å². The largest absolute Gasteiger partial charge is 0.504 e. The van der Waals surface area contributed by atoms with E-state index >= 15 is 0 Å². The number of rotatable bonds is 3. The summed E-state index contributed by atoms with van der Waals surface area (Å²) in [5, 5.41) is 28.6. The van der Waals surface area contributed by atoms with E-state index in [9.17, 15) is 5.11 Å². The minimum atomic E-state index is -0.156. The number of aromatic hydroxyl groups is 2. The summed E-state index contributed by atoms with van der Waals surface area (Å²) in [6.07, 6.45) is 0. The molecular formula is C9H11N5O2. The van der Waals surface area contributed by atoms with Crippen molar-refractivity contribution >= 4 is 11.9 Å². The quantitative estimate of drug-likeness (QED) is 0.479. The molecule has 0 atom stereocenters. The van der Waals surface area contributed by atoms with Crippen molar-refractivity contribution in [3.8, 4) is 11.5 Å². The number of hydrogen-bond acceptors (Lipinski definition) is 6. The summed E-state index contributed by atoms with van der Waals surface area (Å²) in [7, 11) is 0. The van der Waals surface area contributed by atoms with Crippen LogP contribution in [-0.2, 0) is 6.54 Å². The first-order chi connectivity index (χ1) is 7.65. The van der Waals surface area contributed by atoms with Gasteiger partial charge in [-0.2, -0.15) is 0 Å². The summed E-state index contributed by atoms with van der Waals surface area (Å²) in [6.45, 7) is 0.433.